The highest BCUT2D eigenvalue weighted by molar-refractivity contribution is 4.88. The minimum absolute atomic E-state index is 0.153. The van der Waals surface area contributed by atoms with Crippen molar-refractivity contribution in [1.82, 2.24) is 4.90 Å². The third kappa shape index (κ3) is 4.12. The van der Waals surface area contributed by atoms with Gasteiger partial charge in [-0.15, -0.1) is 0 Å². The van der Waals surface area contributed by atoms with Crippen molar-refractivity contribution in [1.29, 1.82) is 0 Å². The van der Waals surface area contributed by atoms with Crippen LogP contribution in [0.25, 0.3) is 0 Å². The summed E-state index contributed by atoms with van der Waals surface area (Å²) in [6.45, 7) is 9.10. The Balaban J connectivity index is 2.33. The summed E-state index contributed by atoms with van der Waals surface area (Å²) in [6.07, 6.45) is 7.72. The molecule has 1 saturated carbocycles. The predicted molar refractivity (Wildman–Crippen MR) is 67.0 cm³/mol. The summed E-state index contributed by atoms with van der Waals surface area (Å²) in [5, 5.41) is 0. The van der Waals surface area contributed by atoms with Crippen LogP contribution in [0, 0.1) is 0 Å². The molecule has 0 aromatic heterocycles. The molecule has 2 N–H and O–H groups in total. The van der Waals surface area contributed by atoms with Gasteiger partial charge in [-0.3, -0.25) is 0 Å². The lowest BCUT2D eigenvalue weighted by Gasteiger charge is -2.36. The van der Waals surface area contributed by atoms with Crippen LogP contribution in [-0.4, -0.2) is 29.6 Å². The van der Waals surface area contributed by atoms with Crippen LogP contribution in [0.5, 0.6) is 0 Å². The van der Waals surface area contributed by atoms with Crippen molar-refractivity contribution in [3.8, 4) is 0 Å². The molecule has 1 aliphatic carbocycles. The Bertz CT molecular complexity index is 171. The van der Waals surface area contributed by atoms with Gasteiger partial charge in [-0.2, -0.15) is 0 Å². The fourth-order valence-electron chi connectivity index (χ4n) is 2.65. The molecular weight excluding hydrogens is 184 g/mol. The Kier molecular flexibility index (Phi) is 5.07. The molecule has 0 saturated heterocycles. The van der Waals surface area contributed by atoms with Crippen molar-refractivity contribution in [3.05, 3.63) is 0 Å². The molecule has 1 rings (SSSR count). The van der Waals surface area contributed by atoms with E-state index in [2.05, 4.69) is 25.7 Å². The molecule has 90 valence electrons. The van der Waals surface area contributed by atoms with Crippen LogP contribution < -0.4 is 5.73 Å². The Morgan fingerprint density at radius 2 is 1.80 bits per heavy atom. The van der Waals surface area contributed by atoms with E-state index in [9.17, 15) is 0 Å². The number of nitrogens with zero attached hydrogens (tertiary/aromatic N) is 1. The summed E-state index contributed by atoms with van der Waals surface area (Å²) in [6, 6.07) is 0.655. The first kappa shape index (κ1) is 13.0. The van der Waals surface area contributed by atoms with Gasteiger partial charge in [0.05, 0.1) is 0 Å². The van der Waals surface area contributed by atoms with E-state index in [1.165, 1.54) is 45.1 Å². The molecular formula is C13H28N2. The number of hydrogen-bond donors (Lipinski definition) is 1. The maximum atomic E-state index is 6.44. The zero-order valence-electron chi connectivity index (χ0n) is 10.8. The molecule has 0 atom stereocenters. The van der Waals surface area contributed by atoms with Crippen LogP contribution in [0.1, 0.15) is 59.3 Å². The lowest BCUT2D eigenvalue weighted by Crippen LogP contribution is -2.45. The second kappa shape index (κ2) is 5.86. The molecule has 0 aromatic carbocycles. The van der Waals surface area contributed by atoms with E-state index < -0.39 is 0 Å². The third-order valence-electron chi connectivity index (χ3n) is 3.88. The van der Waals surface area contributed by atoms with Crippen molar-refractivity contribution < 1.29 is 0 Å². The number of rotatable bonds is 5. The summed E-state index contributed by atoms with van der Waals surface area (Å²) in [4.78, 5) is 2.52. The van der Waals surface area contributed by atoms with Crippen LogP contribution in [0.3, 0.4) is 0 Å². The summed E-state index contributed by atoms with van der Waals surface area (Å²) in [5.74, 6) is 0. The van der Waals surface area contributed by atoms with Gasteiger partial charge >= 0.3 is 0 Å². The monoisotopic (exact) mass is 212 g/mol. The van der Waals surface area contributed by atoms with Crippen LogP contribution in [0.15, 0.2) is 0 Å². The molecule has 0 aromatic rings. The smallest absolute Gasteiger partial charge is 0.0166 e. The van der Waals surface area contributed by atoms with E-state index >= 15 is 0 Å². The Labute approximate surface area is 95.2 Å². The van der Waals surface area contributed by atoms with Crippen molar-refractivity contribution in [2.45, 2.75) is 70.9 Å². The van der Waals surface area contributed by atoms with Gasteiger partial charge in [0, 0.05) is 18.1 Å². The average Bonchev–Trinajstić information content (AvgIpc) is 2.19. The second-order valence-corrected chi connectivity index (χ2v) is 5.40. The summed E-state index contributed by atoms with van der Waals surface area (Å²) in [5.41, 5.74) is 6.59. The van der Waals surface area contributed by atoms with E-state index in [4.69, 9.17) is 5.73 Å². The van der Waals surface area contributed by atoms with Gasteiger partial charge < -0.3 is 10.6 Å². The lowest BCUT2D eigenvalue weighted by molar-refractivity contribution is 0.185. The predicted octanol–water partition coefficient (Wildman–Crippen LogP) is 2.77. The molecule has 0 unspecified atom stereocenters. The summed E-state index contributed by atoms with van der Waals surface area (Å²) in [7, 11) is 0. The third-order valence-corrected chi connectivity index (χ3v) is 3.88. The highest BCUT2D eigenvalue weighted by Crippen LogP contribution is 2.28. The SMILES string of the molecule is CCN(CCC1(N)CCCCC1)C(C)C. The van der Waals surface area contributed by atoms with Gasteiger partial charge in [-0.1, -0.05) is 26.2 Å². The minimum Gasteiger partial charge on any atom is -0.325 e. The van der Waals surface area contributed by atoms with E-state index in [0.29, 0.717) is 6.04 Å². The van der Waals surface area contributed by atoms with Crippen molar-refractivity contribution >= 4 is 0 Å². The lowest BCUT2D eigenvalue weighted by atomic mass is 9.80. The standard InChI is InChI=1S/C13H28N2/c1-4-15(12(2)3)11-10-13(14)8-6-5-7-9-13/h12H,4-11,14H2,1-3H3. The molecule has 0 bridgehead atoms. The Hall–Kier alpha value is -0.0800. The molecule has 0 aliphatic heterocycles. The highest BCUT2D eigenvalue weighted by Gasteiger charge is 2.27. The van der Waals surface area contributed by atoms with Crippen LogP contribution in [0.4, 0.5) is 0 Å². The van der Waals surface area contributed by atoms with Crippen molar-refractivity contribution in [2.24, 2.45) is 5.73 Å². The highest BCUT2D eigenvalue weighted by atomic mass is 15.1. The molecule has 0 amide bonds. The zero-order chi connectivity index (χ0) is 11.3. The number of nitrogens with two attached hydrogens (primary N) is 1. The van der Waals surface area contributed by atoms with Gasteiger partial charge in [0.15, 0.2) is 0 Å². The van der Waals surface area contributed by atoms with E-state index in [0.717, 1.165) is 6.54 Å². The largest absolute Gasteiger partial charge is 0.325 e. The topological polar surface area (TPSA) is 29.3 Å². The molecule has 0 heterocycles. The van der Waals surface area contributed by atoms with Crippen LogP contribution >= 0.6 is 0 Å². The van der Waals surface area contributed by atoms with Gasteiger partial charge in [-0.25, -0.2) is 0 Å². The second-order valence-electron chi connectivity index (χ2n) is 5.40. The first-order valence-corrected chi connectivity index (χ1v) is 6.60. The zero-order valence-corrected chi connectivity index (χ0v) is 10.8. The first-order valence-electron chi connectivity index (χ1n) is 6.60. The Morgan fingerprint density at radius 3 is 2.27 bits per heavy atom. The molecule has 2 heteroatoms. The quantitative estimate of drug-likeness (QED) is 0.759. The average molecular weight is 212 g/mol. The fourth-order valence-corrected chi connectivity index (χ4v) is 2.65. The summed E-state index contributed by atoms with van der Waals surface area (Å²) < 4.78 is 0. The van der Waals surface area contributed by atoms with Crippen LogP contribution in [-0.2, 0) is 0 Å². The normalized spacial score (nSPS) is 21.2. The fraction of sp³-hybridized carbons (Fsp3) is 1.00. The molecule has 2 nitrogen and oxygen atoms in total. The molecule has 1 aliphatic rings. The van der Waals surface area contributed by atoms with Crippen molar-refractivity contribution in [3.63, 3.8) is 0 Å². The van der Waals surface area contributed by atoms with Gasteiger partial charge in [0.2, 0.25) is 0 Å². The maximum absolute atomic E-state index is 6.44. The van der Waals surface area contributed by atoms with Gasteiger partial charge in [0.25, 0.3) is 0 Å². The number of hydrogen-bond acceptors (Lipinski definition) is 2. The van der Waals surface area contributed by atoms with Crippen LogP contribution in [0.2, 0.25) is 0 Å². The minimum atomic E-state index is 0.153. The maximum Gasteiger partial charge on any atom is 0.0166 e. The summed E-state index contributed by atoms with van der Waals surface area (Å²) >= 11 is 0. The van der Waals surface area contributed by atoms with Gasteiger partial charge in [0.1, 0.15) is 0 Å². The molecule has 1 fully saturated rings. The molecule has 0 radical (unpaired) electrons. The molecule has 15 heavy (non-hydrogen) atoms. The molecule has 0 spiro atoms. The first-order chi connectivity index (χ1) is 7.07. The van der Waals surface area contributed by atoms with E-state index in [1.807, 2.05) is 0 Å². The Morgan fingerprint density at radius 1 is 1.20 bits per heavy atom. The van der Waals surface area contributed by atoms with E-state index in [1.54, 1.807) is 0 Å². The van der Waals surface area contributed by atoms with E-state index in [-0.39, 0.29) is 5.54 Å². The van der Waals surface area contributed by atoms with Gasteiger partial charge in [-0.05, 0) is 39.7 Å². The van der Waals surface area contributed by atoms with Crippen molar-refractivity contribution in [2.75, 3.05) is 13.1 Å².